The molecule has 0 saturated heterocycles. The molecule has 0 amide bonds. The van der Waals surface area contributed by atoms with Gasteiger partial charge < -0.3 is 10.4 Å². The first kappa shape index (κ1) is 13.6. The molecular formula is C14H21NO2. The minimum Gasteiger partial charge on any atom is -0.478 e. The van der Waals surface area contributed by atoms with Crippen molar-refractivity contribution in [1.82, 2.24) is 0 Å². The number of hydrogen-bond donors (Lipinski definition) is 2. The summed E-state index contributed by atoms with van der Waals surface area (Å²) >= 11 is 0. The van der Waals surface area contributed by atoms with Gasteiger partial charge in [0.05, 0.1) is 5.56 Å². The Bertz CT molecular complexity index is 401. The van der Waals surface area contributed by atoms with Crippen LogP contribution in [0.1, 0.15) is 43.1 Å². The minimum absolute atomic E-state index is 0.328. The lowest BCUT2D eigenvalue weighted by atomic mass is 10.00. The van der Waals surface area contributed by atoms with Gasteiger partial charge in [-0.15, -0.1) is 0 Å². The van der Waals surface area contributed by atoms with Gasteiger partial charge in [-0.1, -0.05) is 26.3 Å². The lowest BCUT2D eigenvalue weighted by molar-refractivity contribution is 0.0697. The molecule has 17 heavy (non-hydrogen) atoms. The monoisotopic (exact) mass is 235 g/mol. The average Bonchev–Trinajstić information content (AvgIpc) is 2.30. The predicted molar refractivity (Wildman–Crippen MR) is 70.7 cm³/mol. The minimum atomic E-state index is -0.885. The zero-order valence-electron chi connectivity index (χ0n) is 10.9. The summed E-state index contributed by atoms with van der Waals surface area (Å²) in [6, 6.07) is 5.52. The van der Waals surface area contributed by atoms with E-state index >= 15 is 0 Å². The van der Waals surface area contributed by atoms with Crippen LogP contribution < -0.4 is 5.32 Å². The van der Waals surface area contributed by atoms with Crippen LogP contribution in [0, 0.1) is 12.8 Å². The van der Waals surface area contributed by atoms with E-state index in [1.54, 1.807) is 12.1 Å². The van der Waals surface area contributed by atoms with Gasteiger partial charge in [0.1, 0.15) is 0 Å². The second-order valence-electron chi connectivity index (χ2n) is 4.65. The highest BCUT2D eigenvalue weighted by Gasteiger charge is 2.12. The fraction of sp³-hybridized carbons (Fsp3) is 0.500. The van der Waals surface area contributed by atoms with Crippen molar-refractivity contribution in [2.75, 3.05) is 5.32 Å². The Balaban J connectivity index is 2.89. The maximum atomic E-state index is 10.9. The van der Waals surface area contributed by atoms with E-state index in [4.69, 9.17) is 5.11 Å². The highest BCUT2D eigenvalue weighted by molar-refractivity contribution is 5.89. The van der Waals surface area contributed by atoms with Crippen molar-refractivity contribution in [1.29, 1.82) is 0 Å². The topological polar surface area (TPSA) is 49.3 Å². The van der Waals surface area contributed by atoms with Crippen molar-refractivity contribution >= 4 is 11.7 Å². The van der Waals surface area contributed by atoms with E-state index in [0.29, 0.717) is 17.5 Å². The SMILES string of the molecule is CCC(C)C(C)Nc1cc(C(=O)O)ccc1C. The number of carbonyl (C=O) groups is 1. The van der Waals surface area contributed by atoms with E-state index in [-0.39, 0.29) is 0 Å². The van der Waals surface area contributed by atoms with Crippen LogP contribution in [-0.2, 0) is 0 Å². The van der Waals surface area contributed by atoms with Gasteiger partial charge in [-0.2, -0.15) is 0 Å². The quantitative estimate of drug-likeness (QED) is 0.820. The van der Waals surface area contributed by atoms with Crippen molar-refractivity contribution in [2.45, 2.75) is 40.2 Å². The summed E-state index contributed by atoms with van der Waals surface area (Å²) in [7, 11) is 0. The number of nitrogens with one attached hydrogen (secondary N) is 1. The zero-order chi connectivity index (χ0) is 13.0. The molecule has 0 radical (unpaired) electrons. The number of benzene rings is 1. The molecule has 0 aliphatic heterocycles. The van der Waals surface area contributed by atoms with Crippen molar-refractivity contribution in [2.24, 2.45) is 5.92 Å². The molecule has 2 N–H and O–H groups in total. The summed E-state index contributed by atoms with van der Waals surface area (Å²) in [6.07, 6.45) is 1.10. The first-order chi connectivity index (χ1) is 7.95. The number of hydrogen-bond acceptors (Lipinski definition) is 2. The highest BCUT2D eigenvalue weighted by atomic mass is 16.4. The molecule has 1 aromatic carbocycles. The molecular weight excluding hydrogens is 214 g/mol. The summed E-state index contributed by atoms with van der Waals surface area (Å²) < 4.78 is 0. The Labute approximate surface area is 103 Å². The summed E-state index contributed by atoms with van der Waals surface area (Å²) in [5, 5.41) is 12.4. The van der Waals surface area contributed by atoms with Crippen LogP contribution in [0.2, 0.25) is 0 Å². The van der Waals surface area contributed by atoms with E-state index in [1.165, 1.54) is 0 Å². The molecule has 0 aliphatic carbocycles. The zero-order valence-corrected chi connectivity index (χ0v) is 10.9. The molecule has 0 aromatic heterocycles. The molecule has 2 atom stereocenters. The Hall–Kier alpha value is -1.51. The largest absolute Gasteiger partial charge is 0.478 e. The third kappa shape index (κ3) is 3.48. The van der Waals surface area contributed by atoms with Crippen LogP contribution in [0.4, 0.5) is 5.69 Å². The summed E-state index contributed by atoms with van der Waals surface area (Å²) in [4.78, 5) is 10.9. The smallest absolute Gasteiger partial charge is 0.335 e. The number of aryl methyl sites for hydroxylation is 1. The Morgan fingerprint density at radius 1 is 1.41 bits per heavy atom. The van der Waals surface area contributed by atoms with Crippen LogP contribution >= 0.6 is 0 Å². The van der Waals surface area contributed by atoms with Crippen molar-refractivity contribution in [3.8, 4) is 0 Å². The van der Waals surface area contributed by atoms with Crippen LogP contribution in [0.25, 0.3) is 0 Å². The van der Waals surface area contributed by atoms with Gasteiger partial charge in [-0.3, -0.25) is 0 Å². The molecule has 3 nitrogen and oxygen atoms in total. The molecule has 0 aliphatic rings. The second kappa shape index (κ2) is 5.71. The van der Waals surface area contributed by atoms with E-state index in [2.05, 4.69) is 26.1 Å². The molecule has 1 rings (SSSR count). The molecule has 0 bridgehead atoms. The summed E-state index contributed by atoms with van der Waals surface area (Å²) in [5.41, 5.74) is 2.32. The standard InChI is InChI=1S/C14H21NO2/c1-5-9(2)11(4)15-13-8-12(14(16)17)7-6-10(13)3/h6-9,11,15H,5H2,1-4H3,(H,16,17). The van der Waals surface area contributed by atoms with Crippen LogP contribution in [0.15, 0.2) is 18.2 Å². The number of aromatic carboxylic acids is 1. The van der Waals surface area contributed by atoms with Gasteiger partial charge in [0.15, 0.2) is 0 Å². The number of anilines is 1. The predicted octanol–water partition coefficient (Wildman–Crippen LogP) is 3.54. The highest BCUT2D eigenvalue weighted by Crippen LogP contribution is 2.20. The summed E-state index contributed by atoms with van der Waals surface area (Å²) in [6.45, 7) is 8.45. The summed E-state index contributed by atoms with van der Waals surface area (Å²) in [5.74, 6) is -0.327. The third-order valence-electron chi connectivity index (χ3n) is 3.37. The van der Waals surface area contributed by atoms with Gasteiger partial charge in [0, 0.05) is 11.7 Å². The number of carboxylic acids is 1. The molecule has 2 unspecified atom stereocenters. The van der Waals surface area contributed by atoms with Crippen LogP contribution in [0.3, 0.4) is 0 Å². The van der Waals surface area contributed by atoms with Gasteiger partial charge in [-0.05, 0) is 37.5 Å². The first-order valence-corrected chi connectivity index (χ1v) is 6.06. The molecule has 0 heterocycles. The molecule has 3 heteroatoms. The molecule has 0 spiro atoms. The lowest BCUT2D eigenvalue weighted by Gasteiger charge is -2.22. The lowest BCUT2D eigenvalue weighted by Crippen LogP contribution is -2.23. The Morgan fingerprint density at radius 3 is 2.59 bits per heavy atom. The van der Waals surface area contributed by atoms with Crippen molar-refractivity contribution in [3.05, 3.63) is 29.3 Å². The number of rotatable bonds is 5. The normalized spacial score (nSPS) is 14.1. The van der Waals surface area contributed by atoms with Gasteiger partial charge in [0.25, 0.3) is 0 Å². The van der Waals surface area contributed by atoms with Gasteiger partial charge >= 0.3 is 5.97 Å². The molecule has 0 saturated carbocycles. The third-order valence-corrected chi connectivity index (χ3v) is 3.37. The Kier molecular flexibility index (Phi) is 4.55. The van der Waals surface area contributed by atoms with Crippen LogP contribution in [-0.4, -0.2) is 17.1 Å². The van der Waals surface area contributed by atoms with Crippen molar-refractivity contribution < 1.29 is 9.90 Å². The molecule has 1 aromatic rings. The molecule has 0 fully saturated rings. The van der Waals surface area contributed by atoms with Crippen LogP contribution in [0.5, 0.6) is 0 Å². The fourth-order valence-corrected chi connectivity index (χ4v) is 1.65. The Morgan fingerprint density at radius 2 is 2.06 bits per heavy atom. The number of carboxylic acid groups (broad SMARTS) is 1. The maximum Gasteiger partial charge on any atom is 0.335 e. The van der Waals surface area contributed by atoms with Gasteiger partial charge in [-0.25, -0.2) is 4.79 Å². The first-order valence-electron chi connectivity index (χ1n) is 6.06. The van der Waals surface area contributed by atoms with Crippen molar-refractivity contribution in [3.63, 3.8) is 0 Å². The fourth-order valence-electron chi connectivity index (χ4n) is 1.65. The maximum absolute atomic E-state index is 10.9. The van der Waals surface area contributed by atoms with E-state index in [9.17, 15) is 4.79 Å². The van der Waals surface area contributed by atoms with E-state index in [1.807, 2.05) is 13.0 Å². The van der Waals surface area contributed by atoms with Gasteiger partial charge in [0.2, 0.25) is 0 Å². The average molecular weight is 235 g/mol. The van der Waals surface area contributed by atoms with E-state index in [0.717, 1.165) is 17.7 Å². The second-order valence-corrected chi connectivity index (χ2v) is 4.65. The van der Waals surface area contributed by atoms with E-state index < -0.39 is 5.97 Å². The molecule has 94 valence electrons.